The van der Waals surface area contributed by atoms with Crippen LogP contribution in [0.3, 0.4) is 0 Å². The van der Waals surface area contributed by atoms with Crippen LogP contribution in [0.5, 0.6) is 0 Å². The number of guanidine groups is 1. The van der Waals surface area contributed by atoms with Crippen LogP contribution in [0, 0.1) is 0 Å². The highest BCUT2D eigenvalue weighted by Gasteiger charge is 2.11. The van der Waals surface area contributed by atoms with E-state index in [1.165, 1.54) is 6.26 Å². The van der Waals surface area contributed by atoms with Gasteiger partial charge in [0.2, 0.25) is 0 Å². The number of rotatable bonds is 3. The van der Waals surface area contributed by atoms with Gasteiger partial charge in [0.15, 0.2) is 5.96 Å². The molecule has 0 spiro atoms. The van der Waals surface area contributed by atoms with Gasteiger partial charge < -0.3 is 10.6 Å². The van der Waals surface area contributed by atoms with E-state index in [2.05, 4.69) is 15.6 Å². The van der Waals surface area contributed by atoms with Crippen molar-refractivity contribution in [2.75, 3.05) is 25.6 Å². The topological polar surface area (TPSA) is 70.6 Å². The quantitative estimate of drug-likeness (QED) is 0.438. The summed E-state index contributed by atoms with van der Waals surface area (Å²) in [5, 5.41) is 6.08. The molecule has 0 aromatic heterocycles. The molecule has 16 heavy (non-hydrogen) atoms. The van der Waals surface area contributed by atoms with Crippen molar-refractivity contribution in [3.63, 3.8) is 0 Å². The van der Waals surface area contributed by atoms with Crippen molar-refractivity contribution in [3.05, 3.63) is 0 Å². The third-order valence-electron chi connectivity index (χ3n) is 1.48. The molecule has 98 valence electrons. The van der Waals surface area contributed by atoms with Gasteiger partial charge in [-0.3, -0.25) is 4.99 Å². The fourth-order valence-electron chi connectivity index (χ4n) is 0.889. The van der Waals surface area contributed by atoms with Crippen molar-refractivity contribution in [2.24, 2.45) is 4.99 Å². The van der Waals surface area contributed by atoms with Gasteiger partial charge in [0, 0.05) is 25.4 Å². The van der Waals surface area contributed by atoms with E-state index in [4.69, 9.17) is 0 Å². The van der Waals surface area contributed by atoms with Gasteiger partial charge in [-0.15, -0.1) is 24.0 Å². The van der Waals surface area contributed by atoms with Crippen molar-refractivity contribution >= 4 is 39.8 Å². The van der Waals surface area contributed by atoms with E-state index in [9.17, 15) is 8.42 Å². The average molecular weight is 363 g/mol. The van der Waals surface area contributed by atoms with Crippen LogP contribution in [-0.2, 0) is 9.84 Å². The lowest BCUT2D eigenvalue weighted by Gasteiger charge is -2.23. The molecule has 5 nitrogen and oxygen atoms in total. The maximum Gasteiger partial charge on any atom is 0.191 e. The van der Waals surface area contributed by atoms with Gasteiger partial charge >= 0.3 is 0 Å². The number of aliphatic imine (C=N–C) groups is 1. The Hall–Kier alpha value is -0.0500. The number of nitrogens with one attached hydrogen (secondary N) is 2. The molecule has 0 saturated carbocycles. The maximum atomic E-state index is 10.9. The Kier molecular flexibility index (Phi) is 8.37. The first kappa shape index (κ1) is 18.3. The van der Waals surface area contributed by atoms with E-state index < -0.39 is 9.84 Å². The largest absolute Gasteiger partial charge is 0.355 e. The molecule has 0 aliphatic carbocycles. The van der Waals surface area contributed by atoms with E-state index in [1.807, 2.05) is 20.8 Å². The van der Waals surface area contributed by atoms with E-state index in [0.29, 0.717) is 12.5 Å². The molecule has 0 rings (SSSR count). The second kappa shape index (κ2) is 7.31. The molecule has 0 aromatic rings. The molecule has 0 amide bonds. The zero-order valence-electron chi connectivity index (χ0n) is 10.5. The number of nitrogens with zero attached hydrogens (tertiary/aromatic N) is 1. The van der Waals surface area contributed by atoms with Crippen LogP contribution in [0.1, 0.15) is 20.8 Å². The van der Waals surface area contributed by atoms with Gasteiger partial charge in [0.05, 0.1) is 5.75 Å². The van der Waals surface area contributed by atoms with Crippen molar-refractivity contribution in [1.82, 2.24) is 10.6 Å². The molecule has 0 aromatic carbocycles. The summed E-state index contributed by atoms with van der Waals surface area (Å²) < 4.78 is 21.8. The summed E-state index contributed by atoms with van der Waals surface area (Å²) in [6.45, 7) is 6.40. The minimum atomic E-state index is -2.92. The Morgan fingerprint density at radius 2 is 1.81 bits per heavy atom. The zero-order valence-corrected chi connectivity index (χ0v) is 13.6. The summed E-state index contributed by atoms with van der Waals surface area (Å²) in [6.07, 6.45) is 1.22. The fraction of sp³-hybridized carbons (Fsp3) is 0.889. The van der Waals surface area contributed by atoms with Crippen LogP contribution >= 0.6 is 24.0 Å². The highest BCUT2D eigenvalue weighted by atomic mass is 127. The molecule has 2 N–H and O–H groups in total. The smallest absolute Gasteiger partial charge is 0.191 e. The monoisotopic (exact) mass is 363 g/mol. The molecule has 0 aliphatic heterocycles. The summed E-state index contributed by atoms with van der Waals surface area (Å²) in [5.41, 5.74) is -0.0903. The highest BCUT2D eigenvalue weighted by Crippen LogP contribution is 1.97. The number of hydrogen-bond acceptors (Lipinski definition) is 3. The number of sulfone groups is 1. The Morgan fingerprint density at radius 3 is 2.12 bits per heavy atom. The minimum Gasteiger partial charge on any atom is -0.355 e. The molecule has 7 heteroatoms. The third kappa shape index (κ3) is 12.0. The van der Waals surface area contributed by atoms with Crippen molar-refractivity contribution in [2.45, 2.75) is 26.3 Å². The van der Waals surface area contributed by atoms with Crippen molar-refractivity contribution < 1.29 is 8.42 Å². The van der Waals surface area contributed by atoms with Crippen LogP contribution < -0.4 is 10.6 Å². The highest BCUT2D eigenvalue weighted by molar-refractivity contribution is 14.0. The van der Waals surface area contributed by atoms with E-state index >= 15 is 0 Å². The zero-order chi connectivity index (χ0) is 12.1. The number of hydrogen-bond donors (Lipinski definition) is 2. The van der Waals surface area contributed by atoms with E-state index in [-0.39, 0.29) is 35.3 Å². The molecule has 0 unspecified atom stereocenters. The maximum absolute atomic E-state index is 10.9. The van der Waals surface area contributed by atoms with Crippen molar-refractivity contribution in [3.8, 4) is 0 Å². The molecular formula is C9H22IN3O2S. The molecule has 0 saturated heterocycles. The van der Waals surface area contributed by atoms with Gasteiger partial charge in [-0.2, -0.15) is 0 Å². The van der Waals surface area contributed by atoms with Gasteiger partial charge in [0.25, 0.3) is 0 Å². The molecular weight excluding hydrogens is 341 g/mol. The SMILES string of the molecule is CN=C(NCCS(C)(=O)=O)NC(C)(C)C.I. The van der Waals surface area contributed by atoms with Gasteiger partial charge in [-0.1, -0.05) is 0 Å². The van der Waals surface area contributed by atoms with Crippen molar-refractivity contribution in [1.29, 1.82) is 0 Å². The Morgan fingerprint density at radius 1 is 1.31 bits per heavy atom. The second-order valence-electron chi connectivity index (χ2n) is 4.50. The molecule has 0 radical (unpaired) electrons. The Bertz CT molecular complexity index is 320. The summed E-state index contributed by atoms with van der Waals surface area (Å²) in [7, 11) is -1.26. The van der Waals surface area contributed by atoms with Crippen LogP contribution in [-0.4, -0.2) is 45.5 Å². The van der Waals surface area contributed by atoms with Gasteiger partial charge in [0.1, 0.15) is 9.84 Å². The first-order valence-electron chi connectivity index (χ1n) is 4.80. The summed E-state index contributed by atoms with van der Waals surface area (Å²) in [4.78, 5) is 3.99. The van der Waals surface area contributed by atoms with Crippen LogP contribution in [0.15, 0.2) is 4.99 Å². The minimum absolute atomic E-state index is 0. The second-order valence-corrected chi connectivity index (χ2v) is 6.76. The molecule has 0 aliphatic rings. The van der Waals surface area contributed by atoms with Crippen LogP contribution in [0.4, 0.5) is 0 Å². The molecule has 0 heterocycles. The Balaban J connectivity index is 0. The summed E-state index contributed by atoms with van der Waals surface area (Å²) >= 11 is 0. The van der Waals surface area contributed by atoms with E-state index in [0.717, 1.165) is 0 Å². The third-order valence-corrected chi connectivity index (χ3v) is 2.43. The fourth-order valence-corrected chi connectivity index (χ4v) is 1.36. The first-order valence-corrected chi connectivity index (χ1v) is 6.87. The molecule has 0 bridgehead atoms. The normalized spacial score (nSPS) is 12.9. The predicted octanol–water partition coefficient (Wildman–Crippen LogP) is 0.612. The average Bonchev–Trinajstić information content (AvgIpc) is 1.97. The standard InChI is InChI=1S/C9H21N3O2S.HI/c1-9(2,3)12-8(10-4)11-6-7-15(5,13)14;/h6-7H2,1-5H3,(H2,10,11,12);1H. The summed E-state index contributed by atoms with van der Waals surface area (Å²) in [5.74, 6) is 0.726. The van der Waals surface area contributed by atoms with Gasteiger partial charge in [-0.05, 0) is 20.8 Å². The summed E-state index contributed by atoms with van der Waals surface area (Å²) in [6, 6.07) is 0. The van der Waals surface area contributed by atoms with Crippen LogP contribution in [0.25, 0.3) is 0 Å². The lowest BCUT2D eigenvalue weighted by atomic mass is 10.1. The van der Waals surface area contributed by atoms with E-state index in [1.54, 1.807) is 7.05 Å². The number of halogens is 1. The van der Waals surface area contributed by atoms with Gasteiger partial charge in [-0.25, -0.2) is 8.42 Å². The first-order chi connectivity index (χ1) is 6.64. The van der Waals surface area contributed by atoms with Crippen LogP contribution in [0.2, 0.25) is 0 Å². The molecule has 0 atom stereocenters. The lowest BCUT2D eigenvalue weighted by Crippen LogP contribution is -2.48. The predicted molar refractivity (Wildman–Crippen MR) is 79.4 cm³/mol. The Labute approximate surface area is 115 Å². The molecule has 0 fully saturated rings. The lowest BCUT2D eigenvalue weighted by molar-refractivity contribution is 0.502.